The van der Waals surface area contributed by atoms with Gasteiger partial charge in [-0.2, -0.15) is 0 Å². The SMILES string of the molecule is CCCCCCCCCCCCC(=O)Nc1ccc2c(c1)nc1c(OC(=O)Nc3ccc(Cl)cc3)c(Nc3ccccc3Cl)[nH]n12. The lowest BCUT2D eigenvalue weighted by Gasteiger charge is -2.10. The Hall–Kier alpha value is -4.21. The van der Waals surface area contributed by atoms with Gasteiger partial charge >= 0.3 is 6.09 Å². The van der Waals surface area contributed by atoms with Gasteiger partial charge in [-0.15, -0.1) is 0 Å². The van der Waals surface area contributed by atoms with Crippen LogP contribution in [0.4, 0.5) is 27.7 Å². The van der Waals surface area contributed by atoms with Crippen molar-refractivity contribution < 1.29 is 14.3 Å². The molecule has 2 aromatic heterocycles. The number of amides is 2. The number of ether oxygens (including phenoxy) is 1. The first-order valence-electron chi connectivity index (χ1n) is 16.0. The van der Waals surface area contributed by atoms with Gasteiger partial charge in [0.2, 0.25) is 17.3 Å². The van der Waals surface area contributed by atoms with E-state index in [0.29, 0.717) is 50.5 Å². The van der Waals surface area contributed by atoms with E-state index in [9.17, 15) is 9.59 Å². The first-order valence-corrected chi connectivity index (χ1v) is 16.8. The number of aromatic nitrogens is 3. The second kappa shape index (κ2) is 16.4. The second-order valence-corrected chi connectivity index (χ2v) is 12.2. The minimum atomic E-state index is -0.710. The number of unbranched alkanes of at least 4 members (excludes halogenated alkanes) is 9. The highest BCUT2D eigenvalue weighted by molar-refractivity contribution is 6.33. The molecule has 0 aliphatic rings. The Labute approximate surface area is 279 Å². The number of anilines is 4. The molecule has 0 aliphatic heterocycles. The third kappa shape index (κ3) is 8.95. The fourth-order valence-electron chi connectivity index (χ4n) is 5.34. The smallest absolute Gasteiger partial charge is 0.402 e. The standard InChI is InChI=1S/C35H40Cl2N6O3/c1-2-3-4-5-6-7-8-9-10-11-16-31(44)38-26-21-22-30-29(23-26)41-34-32(46-35(45)39-25-19-17-24(36)18-20-25)33(42-43(30)34)40-28-15-13-12-14-27(28)37/h12-15,17-23,40,42H,2-11,16H2,1H3,(H,38,44)(H,39,45). The Kier molecular flexibility index (Phi) is 11.8. The van der Waals surface area contributed by atoms with Gasteiger partial charge in [-0.05, 0) is 61.0 Å². The molecule has 5 aromatic rings. The van der Waals surface area contributed by atoms with E-state index in [1.165, 1.54) is 51.4 Å². The second-order valence-electron chi connectivity index (χ2n) is 11.4. The van der Waals surface area contributed by atoms with E-state index >= 15 is 0 Å². The number of H-pyrrole nitrogens is 1. The lowest BCUT2D eigenvalue weighted by molar-refractivity contribution is -0.116. The molecular weight excluding hydrogens is 623 g/mol. The van der Waals surface area contributed by atoms with Crippen LogP contribution in [0.2, 0.25) is 10.0 Å². The summed E-state index contributed by atoms with van der Waals surface area (Å²) in [7, 11) is 0. The number of aromatic amines is 1. The summed E-state index contributed by atoms with van der Waals surface area (Å²) < 4.78 is 7.51. The highest BCUT2D eigenvalue weighted by Gasteiger charge is 2.22. The molecular formula is C35H40Cl2N6O3. The van der Waals surface area contributed by atoms with Crippen LogP contribution >= 0.6 is 23.2 Å². The molecule has 0 aliphatic carbocycles. The fraction of sp³-hybridized carbons (Fsp3) is 0.343. The maximum atomic E-state index is 13.0. The third-order valence-corrected chi connectivity index (χ3v) is 8.35. The van der Waals surface area contributed by atoms with Crippen molar-refractivity contribution in [1.29, 1.82) is 0 Å². The molecule has 0 saturated heterocycles. The third-order valence-electron chi connectivity index (χ3n) is 7.77. The first kappa shape index (κ1) is 33.2. The molecule has 2 amide bonds. The monoisotopic (exact) mass is 662 g/mol. The van der Waals surface area contributed by atoms with E-state index in [4.69, 9.17) is 32.9 Å². The number of hydrogen-bond donors (Lipinski definition) is 4. The Bertz CT molecular complexity index is 1770. The number of para-hydroxylation sites is 1. The van der Waals surface area contributed by atoms with Crippen molar-refractivity contribution in [2.75, 3.05) is 16.0 Å². The number of halogens is 2. The Morgan fingerprint density at radius 2 is 1.50 bits per heavy atom. The zero-order valence-electron chi connectivity index (χ0n) is 26.0. The van der Waals surface area contributed by atoms with Crippen LogP contribution in [0, 0.1) is 0 Å². The minimum absolute atomic E-state index is 0.0159. The molecule has 5 rings (SSSR count). The number of nitrogens with zero attached hydrogens (tertiary/aromatic N) is 2. The van der Waals surface area contributed by atoms with Gasteiger partial charge in [0.1, 0.15) is 0 Å². The van der Waals surface area contributed by atoms with Crippen LogP contribution in [0.15, 0.2) is 66.7 Å². The summed E-state index contributed by atoms with van der Waals surface area (Å²) in [5.41, 5.74) is 3.53. The lowest BCUT2D eigenvalue weighted by atomic mass is 10.1. The molecule has 46 heavy (non-hydrogen) atoms. The molecule has 0 saturated carbocycles. The van der Waals surface area contributed by atoms with Crippen LogP contribution in [0.1, 0.15) is 77.6 Å². The molecule has 0 unspecified atom stereocenters. The van der Waals surface area contributed by atoms with E-state index in [1.807, 2.05) is 36.4 Å². The van der Waals surface area contributed by atoms with E-state index in [2.05, 4.69) is 28.0 Å². The zero-order chi connectivity index (χ0) is 32.3. The van der Waals surface area contributed by atoms with Gasteiger partial charge < -0.3 is 15.4 Å². The summed E-state index contributed by atoms with van der Waals surface area (Å²) in [5.74, 6) is 0.546. The topological polar surface area (TPSA) is 113 Å². The number of carbonyl (C=O) groups is 2. The van der Waals surface area contributed by atoms with Crippen molar-refractivity contribution in [3.63, 3.8) is 0 Å². The van der Waals surface area contributed by atoms with Crippen molar-refractivity contribution in [3.05, 3.63) is 76.8 Å². The van der Waals surface area contributed by atoms with E-state index in [-0.39, 0.29) is 11.7 Å². The van der Waals surface area contributed by atoms with Crippen molar-refractivity contribution in [1.82, 2.24) is 14.6 Å². The predicted octanol–water partition coefficient (Wildman–Crippen LogP) is 10.7. The summed E-state index contributed by atoms with van der Waals surface area (Å²) in [6.45, 7) is 2.24. The molecule has 2 heterocycles. The predicted molar refractivity (Wildman–Crippen MR) is 188 cm³/mol. The van der Waals surface area contributed by atoms with Gasteiger partial charge in [0.25, 0.3) is 0 Å². The average Bonchev–Trinajstić information content (AvgIpc) is 3.55. The highest BCUT2D eigenvalue weighted by atomic mass is 35.5. The molecule has 0 bridgehead atoms. The van der Waals surface area contributed by atoms with Crippen molar-refractivity contribution in [2.45, 2.75) is 77.6 Å². The van der Waals surface area contributed by atoms with Gasteiger partial charge in [0, 0.05) is 22.8 Å². The van der Waals surface area contributed by atoms with Crippen LogP contribution in [-0.2, 0) is 4.79 Å². The number of imidazole rings is 1. The number of rotatable bonds is 16. The van der Waals surface area contributed by atoms with Crippen LogP contribution in [0.25, 0.3) is 16.7 Å². The molecule has 0 spiro atoms. The molecule has 9 nitrogen and oxygen atoms in total. The van der Waals surface area contributed by atoms with Crippen LogP contribution < -0.4 is 20.7 Å². The van der Waals surface area contributed by atoms with Gasteiger partial charge in [0.05, 0.1) is 21.7 Å². The summed E-state index contributed by atoms with van der Waals surface area (Å²) in [4.78, 5) is 30.4. The molecule has 11 heteroatoms. The first-order chi connectivity index (χ1) is 22.4. The molecule has 242 valence electrons. The molecule has 0 atom stereocenters. The quantitative estimate of drug-likeness (QED) is 0.0785. The van der Waals surface area contributed by atoms with Gasteiger partial charge in [-0.3, -0.25) is 15.2 Å². The van der Waals surface area contributed by atoms with Crippen molar-refractivity contribution >= 4 is 74.8 Å². The Balaban J connectivity index is 1.25. The normalized spacial score (nSPS) is 11.2. The van der Waals surface area contributed by atoms with Crippen LogP contribution in [-0.4, -0.2) is 26.6 Å². The average molecular weight is 664 g/mol. The largest absolute Gasteiger partial charge is 0.417 e. The molecule has 0 radical (unpaired) electrons. The van der Waals surface area contributed by atoms with Crippen LogP contribution in [0.5, 0.6) is 5.75 Å². The maximum absolute atomic E-state index is 13.0. The van der Waals surface area contributed by atoms with Crippen molar-refractivity contribution in [3.8, 4) is 5.75 Å². The fourth-order valence-corrected chi connectivity index (χ4v) is 5.65. The number of hydrogen-bond acceptors (Lipinski definition) is 5. The van der Waals surface area contributed by atoms with Gasteiger partial charge in [0.15, 0.2) is 5.82 Å². The molecule has 0 fully saturated rings. The summed E-state index contributed by atoms with van der Waals surface area (Å²) in [5, 5.41) is 13.2. The minimum Gasteiger partial charge on any atom is -0.402 e. The molecule has 4 N–H and O–H groups in total. The number of carbonyl (C=O) groups excluding carboxylic acids is 2. The number of nitrogens with one attached hydrogen (secondary N) is 4. The summed E-state index contributed by atoms with van der Waals surface area (Å²) in [6.07, 6.45) is 12.0. The van der Waals surface area contributed by atoms with Crippen molar-refractivity contribution in [2.24, 2.45) is 0 Å². The zero-order valence-corrected chi connectivity index (χ0v) is 27.5. The summed E-state index contributed by atoms with van der Waals surface area (Å²) >= 11 is 12.4. The number of benzene rings is 3. The maximum Gasteiger partial charge on any atom is 0.417 e. The Morgan fingerprint density at radius 3 is 2.22 bits per heavy atom. The Morgan fingerprint density at radius 1 is 0.826 bits per heavy atom. The molecule has 3 aromatic carbocycles. The van der Waals surface area contributed by atoms with E-state index in [0.717, 1.165) is 18.4 Å². The lowest BCUT2D eigenvalue weighted by Crippen LogP contribution is -2.17. The summed E-state index contributed by atoms with van der Waals surface area (Å²) in [6, 6.07) is 19.4. The highest BCUT2D eigenvalue weighted by Crippen LogP contribution is 2.36. The van der Waals surface area contributed by atoms with Crippen LogP contribution in [0.3, 0.4) is 0 Å². The van der Waals surface area contributed by atoms with Gasteiger partial charge in [-0.1, -0.05) is 100 Å². The number of fused-ring (bicyclic) bond motifs is 3. The van der Waals surface area contributed by atoms with E-state index < -0.39 is 6.09 Å². The van der Waals surface area contributed by atoms with Gasteiger partial charge in [-0.25, -0.2) is 14.3 Å². The van der Waals surface area contributed by atoms with E-state index in [1.54, 1.807) is 34.8 Å².